The SMILES string of the molecule is COC(=O)CC[C@@H](C)[C@H]1CC[C@H]2[C@H]3C(=O)C[C@@H]4C[C@H](OC(=O)CCC(=O)[O-])CC[C@]4(C)[C@H]3CC(=O)[C@]12C. The molecule has 206 valence electrons. The zero-order chi connectivity index (χ0) is 27.1. The lowest BCUT2D eigenvalue weighted by Gasteiger charge is -2.59. The molecule has 4 rings (SSSR count). The normalized spacial score (nSPS) is 39.7. The van der Waals surface area contributed by atoms with E-state index in [1.54, 1.807) is 0 Å². The molecule has 0 saturated heterocycles. The largest absolute Gasteiger partial charge is 0.550 e. The summed E-state index contributed by atoms with van der Waals surface area (Å²) in [4.78, 5) is 62.0. The summed E-state index contributed by atoms with van der Waals surface area (Å²) < 4.78 is 10.4. The number of carbonyl (C=O) groups is 5. The maximum atomic E-state index is 13.9. The van der Waals surface area contributed by atoms with Crippen LogP contribution in [-0.4, -0.2) is 42.7 Å². The van der Waals surface area contributed by atoms with Crippen LogP contribution in [0.2, 0.25) is 0 Å². The number of aliphatic carboxylic acids is 1. The number of esters is 2. The van der Waals surface area contributed by atoms with Gasteiger partial charge in [0.1, 0.15) is 17.7 Å². The van der Waals surface area contributed by atoms with Crippen molar-refractivity contribution in [1.82, 2.24) is 0 Å². The number of hydrogen-bond acceptors (Lipinski definition) is 8. The molecule has 4 aliphatic carbocycles. The van der Waals surface area contributed by atoms with E-state index in [-0.39, 0.29) is 77.4 Å². The van der Waals surface area contributed by atoms with Crippen LogP contribution in [0.4, 0.5) is 0 Å². The zero-order valence-corrected chi connectivity index (χ0v) is 22.6. The summed E-state index contributed by atoms with van der Waals surface area (Å²) in [6.45, 7) is 6.42. The molecule has 0 bridgehead atoms. The molecule has 4 aliphatic rings. The first-order chi connectivity index (χ1) is 17.4. The van der Waals surface area contributed by atoms with Crippen molar-refractivity contribution >= 4 is 29.5 Å². The van der Waals surface area contributed by atoms with Crippen LogP contribution in [0.25, 0.3) is 0 Å². The first-order valence-corrected chi connectivity index (χ1v) is 13.9. The number of methoxy groups -OCH3 is 1. The predicted octanol–water partition coefficient (Wildman–Crippen LogP) is 3.03. The fourth-order valence-electron chi connectivity index (χ4n) is 8.76. The Bertz CT molecular complexity index is 958. The van der Waals surface area contributed by atoms with Crippen molar-refractivity contribution in [3.63, 3.8) is 0 Å². The van der Waals surface area contributed by atoms with E-state index in [0.29, 0.717) is 38.5 Å². The van der Waals surface area contributed by atoms with Gasteiger partial charge in [-0.15, -0.1) is 0 Å². The number of ketones is 2. The van der Waals surface area contributed by atoms with Crippen molar-refractivity contribution in [2.24, 2.45) is 46.3 Å². The first kappa shape index (κ1) is 27.8. The molecule has 4 saturated carbocycles. The summed E-state index contributed by atoms with van der Waals surface area (Å²) in [5.74, 6) is -1.24. The molecule has 0 radical (unpaired) electrons. The highest BCUT2D eigenvalue weighted by molar-refractivity contribution is 5.92. The molecule has 0 unspecified atom stereocenters. The molecule has 9 atom stereocenters. The van der Waals surface area contributed by atoms with Gasteiger partial charge in [0.2, 0.25) is 0 Å². The molecule has 37 heavy (non-hydrogen) atoms. The van der Waals surface area contributed by atoms with Gasteiger partial charge in [-0.25, -0.2) is 0 Å². The Morgan fingerprint density at radius 3 is 2.41 bits per heavy atom. The number of Topliss-reactive ketones (excluding diaryl/α,β-unsaturated/α-hetero) is 2. The lowest BCUT2D eigenvalue weighted by atomic mass is 9.43. The van der Waals surface area contributed by atoms with E-state index in [1.807, 2.05) is 0 Å². The minimum absolute atomic E-state index is 0.00295. The highest BCUT2D eigenvalue weighted by atomic mass is 16.5. The molecule has 0 amide bonds. The topological polar surface area (TPSA) is 127 Å². The molecule has 0 aliphatic heterocycles. The maximum Gasteiger partial charge on any atom is 0.306 e. The van der Waals surface area contributed by atoms with E-state index in [4.69, 9.17) is 9.47 Å². The molecule has 0 spiro atoms. The quantitative estimate of drug-likeness (QED) is 0.450. The molecular formula is C29H41O8-. The number of hydrogen-bond donors (Lipinski definition) is 0. The lowest BCUT2D eigenvalue weighted by Crippen LogP contribution is -2.60. The fourth-order valence-corrected chi connectivity index (χ4v) is 8.76. The van der Waals surface area contributed by atoms with Crippen molar-refractivity contribution in [2.75, 3.05) is 7.11 Å². The third-order valence-electron chi connectivity index (χ3n) is 10.9. The van der Waals surface area contributed by atoms with Gasteiger partial charge in [0.25, 0.3) is 0 Å². The number of rotatable bonds is 8. The van der Waals surface area contributed by atoms with Crippen molar-refractivity contribution in [2.45, 2.75) is 97.5 Å². The van der Waals surface area contributed by atoms with Gasteiger partial charge in [0.05, 0.1) is 13.5 Å². The number of carbonyl (C=O) groups excluding carboxylic acids is 5. The Morgan fingerprint density at radius 2 is 1.73 bits per heavy atom. The molecule has 0 aromatic carbocycles. The number of carboxylic acid groups (broad SMARTS) is 1. The second kappa shape index (κ2) is 10.5. The summed E-state index contributed by atoms with van der Waals surface area (Å²) in [7, 11) is 1.39. The molecule has 0 heterocycles. The third kappa shape index (κ3) is 4.97. The van der Waals surface area contributed by atoms with E-state index in [9.17, 15) is 29.1 Å². The smallest absolute Gasteiger partial charge is 0.306 e. The van der Waals surface area contributed by atoms with E-state index >= 15 is 0 Å². The summed E-state index contributed by atoms with van der Waals surface area (Å²) in [6.07, 6.45) is 4.74. The second-order valence-electron chi connectivity index (χ2n) is 12.6. The van der Waals surface area contributed by atoms with Gasteiger partial charge in [0, 0.05) is 36.6 Å². The van der Waals surface area contributed by atoms with Crippen LogP contribution in [0, 0.1) is 46.3 Å². The number of ether oxygens (including phenoxy) is 2. The molecular weight excluding hydrogens is 476 g/mol. The summed E-state index contributed by atoms with van der Waals surface area (Å²) in [5, 5.41) is 10.7. The minimum Gasteiger partial charge on any atom is -0.550 e. The molecule has 4 fully saturated rings. The Morgan fingerprint density at radius 1 is 1.00 bits per heavy atom. The third-order valence-corrected chi connectivity index (χ3v) is 10.9. The van der Waals surface area contributed by atoms with Crippen molar-refractivity contribution in [3.8, 4) is 0 Å². The van der Waals surface area contributed by atoms with Gasteiger partial charge in [-0.3, -0.25) is 19.2 Å². The summed E-state index contributed by atoms with van der Waals surface area (Å²) >= 11 is 0. The van der Waals surface area contributed by atoms with Gasteiger partial charge in [0.15, 0.2) is 0 Å². The standard InChI is InChI=1S/C29H42O8/c1-16(5-9-25(34)36-4)19-6-7-20-27-21(15-23(31)29(19,20)3)28(2)12-11-18(13-17(28)14-22(27)30)37-26(35)10-8-24(32)33/h16-21,27H,5-15H2,1-4H3,(H,32,33)/p-1/t16-,17+,18-,19-,20+,21+,27-,28+,29-/m1/s1. The van der Waals surface area contributed by atoms with Crippen LogP contribution in [0.15, 0.2) is 0 Å². The van der Waals surface area contributed by atoms with Crippen LogP contribution in [0.1, 0.15) is 91.4 Å². The van der Waals surface area contributed by atoms with E-state index < -0.39 is 17.4 Å². The minimum atomic E-state index is -1.28. The summed E-state index contributed by atoms with van der Waals surface area (Å²) in [6, 6.07) is 0. The van der Waals surface area contributed by atoms with Crippen LogP contribution in [0.3, 0.4) is 0 Å². The van der Waals surface area contributed by atoms with E-state index in [0.717, 1.165) is 19.3 Å². The zero-order valence-electron chi connectivity index (χ0n) is 22.6. The van der Waals surface area contributed by atoms with Crippen molar-refractivity contribution < 1.29 is 38.6 Å². The van der Waals surface area contributed by atoms with Crippen molar-refractivity contribution in [1.29, 1.82) is 0 Å². The van der Waals surface area contributed by atoms with Crippen LogP contribution < -0.4 is 5.11 Å². The van der Waals surface area contributed by atoms with Gasteiger partial charge >= 0.3 is 11.9 Å². The van der Waals surface area contributed by atoms with E-state index in [1.165, 1.54) is 7.11 Å². The number of carboxylic acids is 1. The first-order valence-electron chi connectivity index (χ1n) is 13.9. The fraction of sp³-hybridized carbons (Fsp3) is 0.828. The predicted molar refractivity (Wildman–Crippen MR) is 131 cm³/mol. The summed E-state index contributed by atoms with van der Waals surface area (Å²) in [5.41, 5.74) is -0.709. The Kier molecular flexibility index (Phi) is 7.87. The Hall–Kier alpha value is -2.25. The molecule has 0 aromatic heterocycles. The van der Waals surface area contributed by atoms with Gasteiger partial charge < -0.3 is 19.4 Å². The Labute approximate surface area is 219 Å². The maximum absolute atomic E-state index is 13.9. The van der Waals surface area contributed by atoms with Crippen LogP contribution in [-0.2, 0) is 33.4 Å². The Balaban J connectivity index is 1.48. The molecule has 0 aromatic rings. The van der Waals surface area contributed by atoms with Gasteiger partial charge in [-0.2, -0.15) is 0 Å². The average Bonchev–Trinajstić information content (AvgIpc) is 3.21. The molecule has 8 heteroatoms. The number of fused-ring (bicyclic) bond motifs is 5. The lowest BCUT2D eigenvalue weighted by molar-refractivity contribution is -0.305. The highest BCUT2D eigenvalue weighted by Crippen LogP contribution is 2.66. The van der Waals surface area contributed by atoms with Gasteiger partial charge in [-0.1, -0.05) is 20.8 Å². The molecule has 0 N–H and O–H groups in total. The second-order valence-corrected chi connectivity index (χ2v) is 12.6. The van der Waals surface area contributed by atoms with Crippen LogP contribution >= 0.6 is 0 Å². The monoisotopic (exact) mass is 517 g/mol. The highest BCUT2D eigenvalue weighted by Gasteiger charge is 2.66. The molecule has 8 nitrogen and oxygen atoms in total. The van der Waals surface area contributed by atoms with Crippen LogP contribution in [0.5, 0.6) is 0 Å². The van der Waals surface area contributed by atoms with Crippen molar-refractivity contribution in [3.05, 3.63) is 0 Å². The average molecular weight is 518 g/mol. The van der Waals surface area contributed by atoms with Gasteiger partial charge in [-0.05, 0) is 80.0 Å². The van der Waals surface area contributed by atoms with E-state index in [2.05, 4.69) is 20.8 Å².